The summed E-state index contributed by atoms with van der Waals surface area (Å²) in [4.78, 5) is 28.8. The summed E-state index contributed by atoms with van der Waals surface area (Å²) in [7, 11) is 1.48. The second-order valence-electron chi connectivity index (χ2n) is 6.47. The first kappa shape index (κ1) is 17.8. The van der Waals surface area contributed by atoms with Crippen LogP contribution in [-0.4, -0.2) is 45.7 Å². The molecule has 26 heavy (non-hydrogen) atoms. The van der Waals surface area contributed by atoms with Gasteiger partial charge in [-0.05, 0) is 31.0 Å². The molecule has 1 aliphatic carbocycles. The number of benzene rings is 1. The normalized spacial score (nSPS) is 14.7. The van der Waals surface area contributed by atoms with Gasteiger partial charge in [-0.3, -0.25) is 4.79 Å². The molecule has 1 fully saturated rings. The van der Waals surface area contributed by atoms with Crippen LogP contribution in [0.2, 0.25) is 0 Å². The van der Waals surface area contributed by atoms with E-state index in [4.69, 9.17) is 9.63 Å². The molecule has 1 aliphatic rings. The summed E-state index contributed by atoms with van der Waals surface area (Å²) in [5, 5.41) is 15.5. The SMILES string of the molecule is CC(CN(C)C(=O)Nc1ccc(F)cc1-c1nc(C2CC2)no1)C(=O)O. The quantitative estimate of drug-likeness (QED) is 0.818. The van der Waals surface area contributed by atoms with E-state index in [9.17, 15) is 14.0 Å². The maximum atomic E-state index is 13.7. The highest BCUT2D eigenvalue weighted by molar-refractivity contribution is 5.93. The number of nitrogens with zero attached hydrogens (tertiary/aromatic N) is 3. The lowest BCUT2D eigenvalue weighted by molar-refractivity contribution is -0.141. The van der Waals surface area contributed by atoms with Crippen LogP contribution in [0.25, 0.3) is 11.5 Å². The predicted octanol–water partition coefficient (Wildman–Crippen LogP) is 2.94. The second kappa shape index (κ2) is 7.11. The third kappa shape index (κ3) is 3.98. The van der Waals surface area contributed by atoms with Crippen molar-refractivity contribution in [2.75, 3.05) is 18.9 Å². The van der Waals surface area contributed by atoms with Gasteiger partial charge in [-0.15, -0.1) is 0 Å². The Hall–Kier alpha value is -2.97. The van der Waals surface area contributed by atoms with Gasteiger partial charge in [0.25, 0.3) is 5.89 Å². The van der Waals surface area contributed by atoms with Crippen LogP contribution in [0.5, 0.6) is 0 Å². The van der Waals surface area contributed by atoms with Crippen LogP contribution in [0.3, 0.4) is 0 Å². The zero-order chi connectivity index (χ0) is 18.8. The van der Waals surface area contributed by atoms with Crippen LogP contribution in [0.15, 0.2) is 22.7 Å². The highest BCUT2D eigenvalue weighted by Gasteiger charge is 2.29. The summed E-state index contributed by atoms with van der Waals surface area (Å²) in [6.07, 6.45) is 2.00. The number of urea groups is 1. The van der Waals surface area contributed by atoms with Crippen molar-refractivity contribution in [3.05, 3.63) is 29.8 Å². The van der Waals surface area contributed by atoms with E-state index in [2.05, 4.69) is 15.5 Å². The molecular formula is C17H19FN4O4. The molecule has 8 nitrogen and oxygen atoms in total. The van der Waals surface area contributed by atoms with Gasteiger partial charge in [-0.25, -0.2) is 9.18 Å². The number of halogens is 1. The molecule has 2 amide bonds. The number of anilines is 1. The van der Waals surface area contributed by atoms with E-state index in [-0.39, 0.29) is 23.9 Å². The van der Waals surface area contributed by atoms with Gasteiger partial charge in [-0.2, -0.15) is 4.98 Å². The van der Waals surface area contributed by atoms with Crippen molar-refractivity contribution >= 4 is 17.7 Å². The Morgan fingerprint density at radius 3 is 2.85 bits per heavy atom. The molecular weight excluding hydrogens is 343 g/mol. The minimum absolute atomic E-state index is 0.0318. The van der Waals surface area contributed by atoms with Crippen molar-refractivity contribution in [3.8, 4) is 11.5 Å². The second-order valence-corrected chi connectivity index (χ2v) is 6.47. The summed E-state index contributed by atoms with van der Waals surface area (Å²) in [6, 6.07) is 3.29. The van der Waals surface area contributed by atoms with E-state index >= 15 is 0 Å². The molecule has 9 heteroatoms. The molecule has 0 saturated heterocycles. The van der Waals surface area contributed by atoms with Gasteiger partial charge in [-0.1, -0.05) is 12.1 Å². The van der Waals surface area contributed by atoms with E-state index in [1.807, 2.05) is 0 Å². The number of carboxylic acid groups (broad SMARTS) is 1. The molecule has 3 rings (SSSR count). The average molecular weight is 362 g/mol. The molecule has 1 saturated carbocycles. The van der Waals surface area contributed by atoms with Crippen molar-refractivity contribution in [1.82, 2.24) is 15.0 Å². The third-order valence-corrected chi connectivity index (χ3v) is 4.15. The average Bonchev–Trinajstić information content (AvgIpc) is 3.33. The fraction of sp³-hybridized carbons (Fsp3) is 0.412. The number of hydrogen-bond donors (Lipinski definition) is 2. The molecule has 1 unspecified atom stereocenters. The number of amides is 2. The molecule has 2 aromatic rings. The number of carboxylic acids is 1. The summed E-state index contributed by atoms with van der Waals surface area (Å²) in [5.41, 5.74) is 0.578. The zero-order valence-electron chi connectivity index (χ0n) is 14.4. The molecule has 0 aliphatic heterocycles. The maximum absolute atomic E-state index is 13.7. The first-order valence-electron chi connectivity index (χ1n) is 8.23. The largest absolute Gasteiger partial charge is 0.481 e. The minimum Gasteiger partial charge on any atom is -0.481 e. The van der Waals surface area contributed by atoms with Gasteiger partial charge in [0.2, 0.25) is 0 Å². The molecule has 2 N–H and O–H groups in total. The van der Waals surface area contributed by atoms with Crippen LogP contribution in [0, 0.1) is 11.7 Å². The number of aromatic nitrogens is 2. The molecule has 1 atom stereocenters. The van der Waals surface area contributed by atoms with Crippen molar-refractivity contribution in [2.24, 2.45) is 5.92 Å². The number of aliphatic carboxylic acids is 1. The van der Waals surface area contributed by atoms with Crippen molar-refractivity contribution < 1.29 is 23.6 Å². The third-order valence-electron chi connectivity index (χ3n) is 4.15. The standard InChI is InChI=1S/C17H19FN4O4/c1-9(16(23)24)8-22(2)17(25)19-13-6-5-11(18)7-12(13)15-20-14(21-26-15)10-3-4-10/h5-7,9-10H,3-4,8H2,1-2H3,(H,19,25)(H,23,24). The van der Waals surface area contributed by atoms with E-state index in [0.29, 0.717) is 11.5 Å². The van der Waals surface area contributed by atoms with Crippen LogP contribution in [0.4, 0.5) is 14.9 Å². The Morgan fingerprint density at radius 2 is 2.19 bits per heavy atom. The first-order chi connectivity index (χ1) is 12.3. The highest BCUT2D eigenvalue weighted by Crippen LogP contribution is 2.39. The number of rotatable bonds is 6. The van der Waals surface area contributed by atoms with Crippen LogP contribution in [0.1, 0.15) is 31.5 Å². The van der Waals surface area contributed by atoms with E-state index in [1.165, 1.54) is 37.1 Å². The van der Waals surface area contributed by atoms with E-state index < -0.39 is 23.7 Å². The number of carbonyl (C=O) groups excluding carboxylic acids is 1. The molecule has 0 radical (unpaired) electrons. The Balaban J connectivity index is 1.78. The lowest BCUT2D eigenvalue weighted by Gasteiger charge is -2.20. The number of carbonyl (C=O) groups is 2. The van der Waals surface area contributed by atoms with Gasteiger partial charge >= 0.3 is 12.0 Å². The molecule has 1 heterocycles. The summed E-state index contributed by atoms with van der Waals surface area (Å²) in [5.74, 6) is -1.22. The molecule has 1 aromatic carbocycles. The Bertz CT molecular complexity index is 834. The van der Waals surface area contributed by atoms with Crippen molar-refractivity contribution in [3.63, 3.8) is 0 Å². The van der Waals surface area contributed by atoms with E-state index in [0.717, 1.165) is 12.8 Å². The monoisotopic (exact) mass is 362 g/mol. The number of nitrogens with one attached hydrogen (secondary N) is 1. The topological polar surface area (TPSA) is 109 Å². The van der Waals surface area contributed by atoms with Gasteiger partial charge in [0.05, 0.1) is 17.2 Å². The van der Waals surface area contributed by atoms with Gasteiger partial charge in [0, 0.05) is 19.5 Å². The van der Waals surface area contributed by atoms with Crippen LogP contribution in [-0.2, 0) is 4.79 Å². The van der Waals surface area contributed by atoms with Gasteiger partial charge in [0.15, 0.2) is 5.82 Å². The smallest absolute Gasteiger partial charge is 0.321 e. The molecule has 1 aromatic heterocycles. The first-order valence-corrected chi connectivity index (χ1v) is 8.23. The summed E-state index contributed by atoms with van der Waals surface area (Å²) in [6.45, 7) is 1.54. The Labute approximate surface area is 149 Å². The minimum atomic E-state index is -0.995. The lowest BCUT2D eigenvalue weighted by atomic mass is 10.1. The molecule has 0 bridgehead atoms. The zero-order valence-corrected chi connectivity index (χ0v) is 14.4. The van der Waals surface area contributed by atoms with Crippen LogP contribution >= 0.6 is 0 Å². The summed E-state index contributed by atoms with van der Waals surface area (Å²) >= 11 is 0. The van der Waals surface area contributed by atoms with Gasteiger partial charge in [0.1, 0.15) is 5.82 Å². The van der Waals surface area contributed by atoms with E-state index in [1.54, 1.807) is 0 Å². The highest BCUT2D eigenvalue weighted by atomic mass is 19.1. The summed E-state index contributed by atoms with van der Waals surface area (Å²) < 4.78 is 18.9. The molecule has 0 spiro atoms. The molecule has 138 valence electrons. The van der Waals surface area contributed by atoms with Crippen molar-refractivity contribution in [2.45, 2.75) is 25.7 Å². The van der Waals surface area contributed by atoms with Gasteiger partial charge < -0.3 is 19.8 Å². The lowest BCUT2D eigenvalue weighted by Crippen LogP contribution is -2.36. The van der Waals surface area contributed by atoms with Crippen molar-refractivity contribution in [1.29, 1.82) is 0 Å². The maximum Gasteiger partial charge on any atom is 0.321 e. The fourth-order valence-electron chi connectivity index (χ4n) is 2.44. The Kier molecular flexibility index (Phi) is 4.88. The number of hydrogen-bond acceptors (Lipinski definition) is 5. The fourth-order valence-corrected chi connectivity index (χ4v) is 2.44. The van der Waals surface area contributed by atoms with Crippen LogP contribution < -0.4 is 5.32 Å². The Morgan fingerprint density at radius 1 is 1.46 bits per heavy atom. The predicted molar refractivity (Wildman–Crippen MR) is 90.1 cm³/mol.